The van der Waals surface area contributed by atoms with Crippen molar-refractivity contribution in [3.63, 3.8) is 0 Å². The van der Waals surface area contributed by atoms with E-state index in [1.165, 1.54) is 25.1 Å². The van der Waals surface area contributed by atoms with Crippen LogP contribution in [0.2, 0.25) is 0 Å². The van der Waals surface area contributed by atoms with Gasteiger partial charge in [0.2, 0.25) is 10.0 Å². The fourth-order valence-electron chi connectivity index (χ4n) is 3.90. The van der Waals surface area contributed by atoms with Gasteiger partial charge in [-0.25, -0.2) is 22.1 Å². The number of halogens is 1. The van der Waals surface area contributed by atoms with Crippen molar-refractivity contribution in [2.24, 2.45) is 4.99 Å². The van der Waals surface area contributed by atoms with Crippen molar-refractivity contribution in [3.8, 4) is 0 Å². The first-order valence-electron chi connectivity index (χ1n) is 10.5. The molecule has 2 amide bonds. The SMILES string of the molecule is CCC1(CC)OCCN2C(=O)C(=O)C(C(=O)NCc3ccc(F)cc3S(=O)(=O)N(C)C)N=C21. The Kier molecular flexibility index (Phi) is 7.01. The zero-order chi connectivity index (χ0) is 24.6. The van der Waals surface area contributed by atoms with Gasteiger partial charge in [0.25, 0.3) is 17.6 Å². The summed E-state index contributed by atoms with van der Waals surface area (Å²) < 4.78 is 45.6. The predicted octanol–water partition coefficient (Wildman–Crippen LogP) is 0.460. The van der Waals surface area contributed by atoms with Crippen molar-refractivity contribution in [2.45, 2.75) is 49.8 Å². The second-order valence-corrected chi connectivity index (χ2v) is 10.1. The van der Waals surface area contributed by atoms with Crippen molar-refractivity contribution in [1.29, 1.82) is 0 Å². The van der Waals surface area contributed by atoms with E-state index in [0.717, 1.165) is 16.4 Å². The van der Waals surface area contributed by atoms with E-state index in [-0.39, 0.29) is 36.0 Å². The van der Waals surface area contributed by atoms with Gasteiger partial charge in [-0.1, -0.05) is 19.9 Å². The van der Waals surface area contributed by atoms with E-state index in [4.69, 9.17) is 4.74 Å². The van der Waals surface area contributed by atoms with Crippen LogP contribution in [0.15, 0.2) is 28.1 Å². The van der Waals surface area contributed by atoms with Gasteiger partial charge in [-0.2, -0.15) is 0 Å². The minimum absolute atomic E-state index is 0.125. The molecule has 2 aliphatic rings. The van der Waals surface area contributed by atoms with Crippen LogP contribution in [-0.2, 0) is 35.7 Å². The van der Waals surface area contributed by atoms with Crippen LogP contribution in [0.4, 0.5) is 4.39 Å². The molecule has 1 atom stereocenters. The molecule has 2 aliphatic heterocycles. The second-order valence-electron chi connectivity index (χ2n) is 7.98. The van der Waals surface area contributed by atoms with Gasteiger partial charge in [-0.15, -0.1) is 0 Å². The summed E-state index contributed by atoms with van der Waals surface area (Å²) in [7, 11) is -1.39. The number of amides is 2. The number of carbonyl (C=O) groups is 3. The van der Waals surface area contributed by atoms with Gasteiger partial charge in [0, 0.05) is 20.6 Å². The number of amidine groups is 1. The van der Waals surface area contributed by atoms with Crippen LogP contribution < -0.4 is 5.32 Å². The number of fused-ring (bicyclic) bond motifs is 1. The zero-order valence-electron chi connectivity index (χ0n) is 18.9. The molecule has 180 valence electrons. The van der Waals surface area contributed by atoms with Gasteiger partial charge in [-0.05, 0) is 30.5 Å². The molecule has 0 radical (unpaired) electrons. The van der Waals surface area contributed by atoms with Crippen molar-refractivity contribution < 1.29 is 31.9 Å². The minimum Gasteiger partial charge on any atom is -0.365 e. The monoisotopic (exact) mass is 482 g/mol. The first-order chi connectivity index (χ1) is 15.5. The first kappa shape index (κ1) is 24.9. The molecule has 1 N–H and O–H groups in total. The van der Waals surface area contributed by atoms with Crippen LogP contribution in [-0.4, -0.2) is 79.9 Å². The Hall–Kier alpha value is -2.70. The second kappa shape index (κ2) is 9.27. The molecule has 2 heterocycles. The maximum absolute atomic E-state index is 13.7. The molecule has 1 unspecified atom stereocenters. The Bertz CT molecular complexity index is 1110. The highest BCUT2D eigenvalue weighted by Gasteiger charge is 2.49. The molecule has 0 spiro atoms. The summed E-state index contributed by atoms with van der Waals surface area (Å²) >= 11 is 0. The van der Waals surface area contributed by atoms with E-state index in [1.54, 1.807) is 0 Å². The summed E-state index contributed by atoms with van der Waals surface area (Å²) in [5.74, 6) is -3.16. The summed E-state index contributed by atoms with van der Waals surface area (Å²) in [6, 6.07) is 1.55. The number of Topliss-reactive ketones (excluding diaryl/α,β-unsaturated/α-hetero) is 1. The Morgan fingerprint density at radius 1 is 1.30 bits per heavy atom. The molecule has 3 rings (SSSR count). The van der Waals surface area contributed by atoms with E-state index in [9.17, 15) is 27.2 Å². The molecular formula is C21H27FN4O6S. The number of benzene rings is 1. The zero-order valence-corrected chi connectivity index (χ0v) is 19.7. The number of hydrogen-bond donors (Lipinski definition) is 1. The summed E-state index contributed by atoms with van der Waals surface area (Å²) in [4.78, 5) is 43.5. The number of hydrogen-bond acceptors (Lipinski definition) is 7. The van der Waals surface area contributed by atoms with Gasteiger partial charge < -0.3 is 10.1 Å². The molecule has 1 aromatic carbocycles. The first-order valence-corrected chi connectivity index (χ1v) is 12.0. The molecule has 12 heteroatoms. The van der Waals surface area contributed by atoms with Crippen LogP contribution in [0.25, 0.3) is 0 Å². The summed E-state index contributed by atoms with van der Waals surface area (Å²) in [6.07, 6.45) is 0.992. The maximum Gasteiger partial charge on any atom is 0.298 e. The molecule has 0 saturated carbocycles. The Morgan fingerprint density at radius 2 is 1.97 bits per heavy atom. The number of sulfonamides is 1. The number of ether oxygens (including phenoxy) is 1. The van der Waals surface area contributed by atoms with Gasteiger partial charge in [-0.3, -0.25) is 19.3 Å². The minimum atomic E-state index is -3.99. The largest absolute Gasteiger partial charge is 0.365 e. The van der Waals surface area contributed by atoms with E-state index >= 15 is 0 Å². The van der Waals surface area contributed by atoms with E-state index in [1.807, 2.05) is 13.8 Å². The fraction of sp³-hybridized carbons (Fsp3) is 0.524. The van der Waals surface area contributed by atoms with E-state index < -0.39 is 45.1 Å². The third kappa shape index (κ3) is 4.42. The van der Waals surface area contributed by atoms with Crippen LogP contribution >= 0.6 is 0 Å². The average Bonchev–Trinajstić information content (AvgIpc) is 2.79. The molecule has 33 heavy (non-hydrogen) atoms. The fourth-order valence-corrected chi connectivity index (χ4v) is 5.03. The number of nitrogens with zero attached hydrogens (tertiary/aromatic N) is 3. The van der Waals surface area contributed by atoms with Crippen molar-refractivity contribution in [3.05, 3.63) is 29.6 Å². The van der Waals surface area contributed by atoms with Crippen molar-refractivity contribution in [2.75, 3.05) is 27.2 Å². The van der Waals surface area contributed by atoms with Gasteiger partial charge in [0.05, 0.1) is 18.0 Å². The average molecular weight is 483 g/mol. The highest BCUT2D eigenvalue weighted by molar-refractivity contribution is 7.89. The molecule has 1 aromatic rings. The number of aliphatic imine (C=N–C) groups is 1. The predicted molar refractivity (Wildman–Crippen MR) is 116 cm³/mol. The van der Waals surface area contributed by atoms with Crippen molar-refractivity contribution in [1.82, 2.24) is 14.5 Å². The van der Waals surface area contributed by atoms with E-state index in [0.29, 0.717) is 12.8 Å². The van der Waals surface area contributed by atoms with Gasteiger partial charge >= 0.3 is 0 Å². The van der Waals surface area contributed by atoms with Gasteiger partial charge in [0.15, 0.2) is 6.04 Å². The standard InChI is InChI=1S/C21H27FN4O6S/c1-5-21(6-2)20-24-16(17(27)19(29)26(20)9-10-32-21)18(28)23-12-13-7-8-14(22)11-15(13)33(30,31)25(3)4/h7-8,11,16H,5-6,9-10,12H2,1-4H3,(H,23,28). The molecule has 1 fully saturated rings. The quantitative estimate of drug-likeness (QED) is 0.445. The topological polar surface area (TPSA) is 125 Å². The number of nitrogens with one attached hydrogen (secondary N) is 1. The molecule has 0 aromatic heterocycles. The smallest absolute Gasteiger partial charge is 0.298 e. The lowest BCUT2D eigenvalue weighted by Gasteiger charge is -2.44. The molecule has 0 aliphatic carbocycles. The maximum atomic E-state index is 13.7. The van der Waals surface area contributed by atoms with Gasteiger partial charge in [0.1, 0.15) is 17.3 Å². The molecule has 10 nitrogen and oxygen atoms in total. The molecule has 1 saturated heterocycles. The number of rotatable bonds is 7. The molecule has 0 bridgehead atoms. The lowest BCUT2D eigenvalue weighted by molar-refractivity contribution is -0.149. The van der Waals surface area contributed by atoms with E-state index in [2.05, 4.69) is 10.3 Å². The number of ketones is 1. The Morgan fingerprint density at radius 3 is 2.58 bits per heavy atom. The Labute approximate surface area is 191 Å². The number of morpholine rings is 1. The highest BCUT2D eigenvalue weighted by atomic mass is 32.2. The summed E-state index contributed by atoms with van der Waals surface area (Å²) in [6.45, 7) is 3.85. The third-order valence-electron chi connectivity index (χ3n) is 5.94. The Balaban J connectivity index is 1.90. The van der Waals surface area contributed by atoms with Crippen LogP contribution in [0.3, 0.4) is 0 Å². The normalized spacial score (nSPS) is 20.5. The van der Waals surface area contributed by atoms with Crippen LogP contribution in [0.1, 0.15) is 32.3 Å². The van der Waals surface area contributed by atoms with Crippen LogP contribution in [0.5, 0.6) is 0 Å². The highest BCUT2D eigenvalue weighted by Crippen LogP contribution is 2.31. The lowest BCUT2D eigenvalue weighted by atomic mass is 9.90. The van der Waals surface area contributed by atoms with Crippen molar-refractivity contribution >= 4 is 33.5 Å². The molecular weight excluding hydrogens is 455 g/mol. The lowest BCUT2D eigenvalue weighted by Crippen LogP contribution is -2.64. The third-order valence-corrected chi connectivity index (χ3v) is 7.84. The van der Waals surface area contributed by atoms with Crippen LogP contribution in [0, 0.1) is 5.82 Å². The number of carbonyl (C=O) groups excluding carboxylic acids is 3. The summed E-state index contributed by atoms with van der Waals surface area (Å²) in [5, 5.41) is 2.47. The summed E-state index contributed by atoms with van der Waals surface area (Å²) in [5.41, 5.74) is -0.753.